The van der Waals surface area contributed by atoms with Crippen LogP contribution in [0.1, 0.15) is 20.8 Å². The smallest absolute Gasteiger partial charge is 0.262 e. The fourth-order valence-corrected chi connectivity index (χ4v) is 5.31. The minimum atomic E-state index is -0.419. The largest absolute Gasteiger partial charge is 0.483 e. The van der Waals surface area contributed by atoms with Crippen molar-refractivity contribution in [3.05, 3.63) is 42.2 Å². The number of amidine groups is 1. The van der Waals surface area contributed by atoms with Crippen molar-refractivity contribution in [2.75, 3.05) is 43.1 Å². The van der Waals surface area contributed by atoms with Gasteiger partial charge in [0.1, 0.15) is 24.2 Å². The summed E-state index contributed by atoms with van der Waals surface area (Å²) in [6.45, 7) is 9.05. The summed E-state index contributed by atoms with van der Waals surface area (Å²) < 4.78 is 21.0. The number of carbonyl (C=O) groups is 1. The standard InChI is InChI=1S/C24H28FN5O2/c1-5-29(24(3)13-28(4)14-24)19-11-20-21(10-17(19)16-8-6-7-9-18(16)25)32-12-22-26-27-23(31)15(2)30(20)22/h6-11,15H,5,12-14H2,1-4H3,(H,27,31). The second-order valence-corrected chi connectivity index (χ2v) is 9.07. The number of hydrogen-bond donors (Lipinski definition) is 1. The first kappa shape index (κ1) is 20.8. The molecule has 1 amide bonds. The lowest BCUT2D eigenvalue weighted by atomic mass is 9.88. The third-order valence-electron chi connectivity index (χ3n) is 6.68. The van der Waals surface area contributed by atoms with Crippen LogP contribution >= 0.6 is 0 Å². The van der Waals surface area contributed by atoms with Crippen molar-refractivity contribution in [3.63, 3.8) is 0 Å². The van der Waals surface area contributed by atoms with Gasteiger partial charge in [-0.2, -0.15) is 5.10 Å². The van der Waals surface area contributed by atoms with Gasteiger partial charge in [0, 0.05) is 36.4 Å². The van der Waals surface area contributed by atoms with Gasteiger partial charge in [-0.3, -0.25) is 4.79 Å². The lowest BCUT2D eigenvalue weighted by molar-refractivity contribution is -0.122. The number of carbonyl (C=O) groups excluding carboxylic acids is 1. The van der Waals surface area contributed by atoms with Crippen LogP contribution < -0.4 is 20.0 Å². The number of benzene rings is 2. The molecule has 0 radical (unpaired) electrons. The first-order valence-corrected chi connectivity index (χ1v) is 11.0. The van der Waals surface area contributed by atoms with Gasteiger partial charge >= 0.3 is 0 Å². The number of hydrogen-bond acceptors (Lipinski definition) is 6. The number of anilines is 2. The number of hydrazone groups is 1. The van der Waals surface area contributed by atoms with Gasteiger partial charge in [0.05, 0.1) is 11.2 Å². The number of fused-ring (bicyclic) bond motifs is 3. The molecular weight excluding hydrogens is 409 g/mol. The van der Waals surface area contributed by atoms with E-state index in [1.54, 1.807) is 12.1 Å². The highest BCUT2D eigenvalue weighted by molar-refractivity contribution is 6.10. The van der Waals surface area contributed by atoms with Gasteiger partial charge < -0.3 is 19.4 Å². The zero-order valence-electron chi connectivity index (χ0n) is 18.9. The summed E-state index contributed by atoms with van der Waals surface area (Å²) in [4.78, 5) is 18.9. The highest BCUT2D eigenvalue weighted by Gasteiger charge is 2.43. The van der Waals surface area contributed by atoms with Crippen molar-refractivity contribution >= 4 is 23.1 Å². The van der Waals surface area contributed by atoms with Crippen LogP contribution in [0.25, 0.3) is 11.1 Å². The SMILES string of the molecule is CCN(c1cc2c(cc1-c1ccccc1F)OCC1=NNC(=O)C(C)N12)C1(C)CN(C)C1. The fraction of sp³-hybridized carbons (Fsp3) is 0.417. The molecule has 1 saturated heterocycles. The molecule has 7 nitrogen and oxygen atoms in total. The molecule has 0 spiro atoms. The van der Waals surface area contributed by atoms with E-state index < -0.39 is 6.04 Å². The quantitative estimate of drug-likeness (QED) is 0.797. The molecule has 3 aliphatic rings. The van der Waals surface area contributed by atoms with Crippen molar-refractivity contribution in [1.29, 1.82) is 0 Å². The Kier molecular flexibility index (Phi) is 4.85. The fourth-order valence-electron chi connectivity index (χ4n) is 5.31. The molecule has 3 heterocycles. The average molecular weight is 438 g/mol. The van der Waals surface area contributed by atoms with E-state index in [9.17, 15) is 9.18 Å². The number of nitrogens with one attached hydrogen (secondary N) is 1. The van der Waals surface area contributed by atoms with Crippen LogP contribution in [0.15, 0.2) is 41.5 Å². The number of likely N-dealkylation sites (tertiary alicyclic amines) is 1. The summed E-state index contributed by atoms with van der Waals surface area (Å²) in [5.74, 6) is 0.844. The van der Waals surface area contributed by atoms with Crippen molar-refractivity contribution < 1.29 is 13.9 Å². The van der Waals surface area contributed by atoms with E-state index in [0.717, 1.165) is 36.6 Å². The van der Waals surface area contributed by atoms with E-state index in [1.807, 2.05) is 30.0 Å². The summed E-state index contributed by atoms with van der Waals surface area (Å²) in [6, 6.07) is 10.4. The Bertz CT molecular complexity index is 1110. The summed E-state index contributed by atoms with van der Waals surface area (Å²) in [5, 5.41) is 4.19. The van der Waals surface area contributed by atoms with Gasteiger partial charge in [-0.1, -0.05) is 18.2 Å². The molecule has 32 heavy (non-hydrogen) atoms. The summed E-state index contributed by atoms with van der Waals surface area (Å²) in [7, 11) is 2.10. The maximum Gasteiger partial charge on any atom is 0.262 e. The third-order valence-corrected chi connectivity index (χ3v) is 6.68. The Morgan fingerprint density at radius 2 is 2.03 bits per heavy atom. The molecule has 3 aliphatic heterocycles. The topological polar surface area (TPSA) is 60.4 Å². The lowest BCUT2D eigenvalue weighted by Crippen LogP contribution is -2.67. The predicted molar refractivity (Wildman–Crippen MR) is 124 cm³/mol. The van der Waals surface area contributed by atoms with E-state index in [4.69, 9.17) is 4.74 Å². The molecular formula is C24H28FN5O2. The molecule has 2 aromatic rings. The molecule has 168 valence electrons. The molecule has 1 fully saturated rings. The number of likely N-dealkylation sites (N-methyl/N-ethyl adjacent to an activating group) is 2. The Labute approximate surface area is 187 Å². The van der Waals surface area contributed by atoms with Crippen LogP contribution in [0.2, 0.25) is 0 Å². The van der Waals surface area contributed by atoms with Gasteiger partial charge in [-0.15, -0.1) is 0 Å². The summed E-state index contributed by atoms with van der Waals surface area (Å²) in [5.41, 5.74) is 5.52. The molecule has 0 aliphatic carbocycles. The van der Waals surface area contributed by atoms with E-state index >= 15 is 0 Å². The molecule has 1 unspecified atom stereocenters. The second kappa shape index (κ2) is 7.48. The number of rotatable bonds is 4. The minimum Gasteiger partial charge on any atom is -0.483 e. The van der Waals surface area contributed by atoms with Gasteiger partial charge in [0.15, 0.2) is 5.84 Å². The Morgan fingerprint density at radius 1 is 1.28 bits per heavy atom. The van der Waals surface area contributed by atoms with Crippen LogP contribution in [-0.2, 0) is 4.79 Å². The lowest BCUT2D eigenvalue weighted by Gasteiger charge is -2.54. The first-order chi connectivity index (χ1) is 15.3. The Balaban J connectivity index is 1.72. The molecule has 1 atom stereocenters. The van der Waals surface area contributed by atoms with Gasteiger partial charge in [-0.05, 0) is 46.0 Å². The van der Waals surface area contributed by atoms with Crippen LogP contribution in [0.5, 0.6) is 5.75 Å². The molecule has 2 aromatic carbocycles. The molecule has 0 aromatic heterocycles. The monoisotopic (exact) mass is 437 g/mol. The van der Waals surface area contributed by atoms with E-state index in [2.05, 4.69) is 41.2 Å². The zero-order valence-corrected chi connectivity index (χ0v) is 18.9. The average Bonchev–Trinajstić information content (AvgIpc) is 2.75. The highest BCUT2D eigenvalue weighted by Crippen LogP contribution is 2.46. The molecule has 5 rings (SSSR count). The van der Waals surface area contributed by atoms with E-state index in [0.29, 0.717) is 17.1 Å². The molecule has 0 bridgehead atoms. The van der Waals surface area contributed by atoms with Crippen LogP contribution in [0, 0.1) is 5.82 Å². The normalized spacial score (nSPS) is 21.5. The van der Waals surface area contributed by atoms with Crippen molar-refractivity contribution in [2.24, 2.45) is 5.10 Å². The molecule has 8 heteroatoms. The van der Waals surface area contributed by atoms with E-state index in [1.165, 1.54) is 6.07 Å². The van der Waals surface area contributed by atoms with Gasteiger partial charge in [-0.25, -0.2) is 9.82 Å². The summed E-state index contributed by atoms with van der Waals surface area (Å²) in [6.07, 6.45) is 0. The predicted octanol–water partition coefficient (Wildman–Crippen LogP) is 3.05. The number of nitrogens with zero attached hydrogens (tertiary/aromatic N) is 4. The zero-order chi connectivity index (χ0) is 22.6. The highest BCUT2D eigenvalue weighted by atomic mass is 19.1. The maximum absolute atomic E-state index is 14.9. The van der Waals surface area contributed by atoms with Crippen LogP contribution in [0.3, 0.4) is 0 Å². The number of amides is 1. The Hall–Kier alpha value is -3.13. The van der Waals surface area contributed by atoms with Crippen LogP contribution in [-0.4, -0.2) is 61.5 Å². The second-order valence-electron chi connectivity index (χ2n) is 9.07. The maximum atomic E-state index is 14.9. The van der Waals surface area contributed by atoms with Crippen molar-refractivity contribution in [1.82, 2.24) is 10.3 Å². The Morgan fingerprint density at radius 3 is 2.72 bits per heavy atom. The molecule has 1 N–H and O–H groups in total. The van der Waals surface area contributed by atoms with Gasteiger partial charge in [0.25, 0.3) is 5.91 Å². The number of ether oxygens (including phenoxy) is 1. The van der Waals surface area contributed by atoms with Crippen LogP contribution in [0.4, 0.5) is 15.8 Å². The minimum absolute atomic E-state index is 0.0743. The summed E-state index contributed by atoms with van der Waals surface area (Å²) >= 11 is 0. The molecule has 0 saturated carbocycles. The van der Waals surface area contributed by atoms with Gasteiger partial charge in [0.2, 0.25) is 0 Å². The number of halogens is 1. The first-order valence-electron chi connectivity index (χ1n) is 11.0. The van der Waals surface area contributed by atoms with E-state index in [-0.39, 0.29) is 23.9 Å². The third kappa shape index (κ3) is 3.12. The van der Waals surface area contributed by atoms with Crippen molar-refractivity contribution in [3.8, 4) is 16.9 Å². The van der Waals surface area contributed by atoms with Crippen molar-refractivity contribution in [2.45, 2.75) is 32.4 Å².